The van der Waals surface area contributed by atoms with E-state index in [4.69, 9.17) is 4.74 Å². The normalized spacial score (nSPS) is 16.1. The molecule has 5 rings (SSSR count). The highest BCUT2D eigenvalue weighted by Crippen LogP contribution is 2.29. The first kappa shape index (κ1) is 21.7. The zero-order chi connectivity index (χ0) is 22.8. The number of carbonyl (C=O) groups is 1. The molecule has 33 heavy (non-hydrogen) atoms. The summed E-state index contributed by atoms with van der Waals surface area (Å²) in [5, 5.41) is 13.6. The van der Waals surface area contributed by atoms with Crippen LogP contribution in [0.25, 0.3) is 22.2 Å². The van der Waals surface area contributed by atoms with Crippen molar-refractivity contribution < 1.29 is 9.53 Å². The van der Waals surface area contributed by atoms with Gasteiger partial charge in [0.15, 0.2) is 0 Å². The summed E-state index contributed by atoms with van der Waals surface area (Å²) in [7, 11) is 2.15. The van der Waals surface area contributed by atoms with E-state index in [-0.39, 0.29) is 18.1 Å². The molecule has 3 heterocycles. The molecule has 0 spiro atoms. The molecule has 1 amide bonds. The number of ether oxygens (including phenoxy) is 1. The molecular weight excluding hydrogens is 432 g/mol. The number of nitrogens with one attached hydrogen (secondary N) is 2. The van der Waals surface area contributed by atoms with Gasteiger partial charge in [-0.25, -0.2) is 0 Å². The maximum Gasteiger partial charge on any atom is 0.251 e. The number of fused-ring (bicyclic) bond motifs is 1. The van der Waals surface area contributed by atoms with Gasteiger partial charge in [0, 0.05) is 34.5 Å². The van der Waals surface area contributed by atoms with Crippen molar-refractivity contribution in [1.29, 1.82) is 0 Å². The van der Waals surface area contributed by atoms with Crippen molar-refractivity contribution in [3.05, 3.63) is 70.4 Å². The second kappa shape index (κ2) is 9.37. The third-order valence-electron chi connectivity index (χ3n) is 6.24. The lowest BCUT2D eigenvalue weighted by Crippen LogP contribution is -2.35. The van der Waals surface area contributed by atoms with Crippen LogP contribution in [0.15, 0.2) is 60.0 Å². The summed E-state index contributed by atoms with van der Waals surface area (Å²) in [6, 6.07) is 17.7. The zero-order valence-electron chi connectivity index (χ0n) is 18.9. The standard InChI is InChI=1S/C26H28N4O2S/c1-17(24-4-3-15-33-24)27-26(31)19-7-10-23-22(16-19)25(29-28-23)18-5-8-20(9-6-18)32-21-11-13-30(2)14-12-21/h3-10,15-17,21H,11-14H2,1-2H3,(H,27,31)(H,28,29)/t17-/m1/s1. The minimum Gasteiger partial charge on any atom is -0.490 e. The van der Waals surface area contributed by atoms with E-state index in [9.17, 15) is 4.79 Å². The molecule has 0 radical (unpaired) electrons. The van der Waals surface area contributed by atoms with Crippen molar-refractivity contribution in [2.45, 2.75) is 31.9 Å². The zero-order valence-corrected chi connectivity index (χ0v) is 19.7. The highest BCUT2D eigenvalue weighted by Gasteiger charge is 2.19. The van der Waals surface area contributed by atoms with Crippen LogP contribution < -0.4 is 10.1 Å². The van der Waals surface area contributed by atoms with E-state index in [2.05, 4.69) is 27.5 Å². The highest BCUT2D eigenvalue weighted by molar-refractivity contribution is 7.10. The van der Waals surface area contributed by atoms with Gasteiger partial charge in [-0.3, -0.25) is 9.89 Å². The number of amides is 1. The number of aromatic nitrogens is 2. The number of benzene rings is 2. The van der Waals surface area contributed by atoms with Gasteiger partial charge in [0.05, 0.1) is 17.3 Å². The lowest BCUT2D eigenvalue weighted by Gasteiger charge is -2.29. The third kappa shape index (κ3) is 4.79. The van der Waals surface area contributed by atoms with Gasteiger partial charge < -0.3 is 15.0 Å². The van der Waals surface area contributed by atoms with E-state index in [1.165, 1.54) is 0 Å². The van der Waals surface area contributed by atoms with E-state index >= 15 is 0 Å². The lowest BCUT2D eigenvalue weighted by molar-refractivity contribution is 0.0940. The number of likely N-dealkylation sites (tertiary alicyclic amines) is 1. The second-order valence-electron chi connectivity index (χ2n) is 8.69. The van der Waals surface area contributed by atoms with Crippen LogP contribution in [0, 0.1) is 0 Å². The maximum atomic E-state index is 12.9. The number of thiophene rings is 1. The molecule has 0 unspecified atom stereocenters. The molecular formula is C26H28N4O2S. The SMILES string of the molecule is C[C@@H](NC(=O)c1ccc2[nH]nc(-c3ccc(OC4CCN(C)CC4)cc3)c2c1)c1cccs1. The van der Waals surface area contributed by atoms with E-state index in [1.807, 2.05) is 66.9 Å². The van der Waals surface area contributed by atoms with Gasteiger partial charge in [-0.15, -0.1) is 11.3 Å². The number of hydrogen-bond donors (Lipinski definition) is 2. The highest BCUT2D eigenvalue weighted by atomic mass is 32.1. The molecule has 1 fully saturated rings. The van der Waals surface area contributed by atoms with Gasteiger partial charge in [-0.2, -0.15) is 5.10 Å². The first-order valence-electron chi connectivity index (χ1n) is 11.3. The molecule has 2 aromatic heterocycles. The van der Waals surface area contributed by atoms with Gasteiger partial charge in [-0.05, 0) is 80.7 Å². The minimum absolute atomic E-state index is 0.0332. The fourth-order valence-electron chi connectivity index (χ4n) is 4.25. The summed E-state index contributed by atoms with van der Waals surface area (Å²) in [6.07, 6.45) is 2.38. The van der Waals surface area contributed by atoms with Gasteiger partial charge in [0.1, 0.15) is 11.9 Å². The van der Waals surface area contributed by atoms with Crippen LogP contribution in [0.2, 0.25) is 0 Å². The van der Waals surface area contributed by atoms with Gasteiger partial charge >= 0.3 is 0 Å². The van der Waals surface area contributed by atoms with Crippen LogP contribution in [-0.2, 0) is 0 Å². The van der Waals surface area contributed by atoms with Crippen LogP contribution in [0.5, 0.6) is 5.75 Å². The lowest BCUT2D eigenvalue weighted by atomic mass is 10.0. The van der Waals surface area contributed by atoms with E-state index < -0.39 is 0 Å². The van der Waals surface area contributed by atoms with Crippen molar-refractivity contribution >= 4 is 28.1 Å². The Balaban J connectivity index is 1.32. The maximum absolute atomic E-state index is 12.9. The van der Waals surface area contributed by atoms with E-state index in [1.54, 1.807) is 11.3 Å². The van der Waals surface area contributed by atoms with Crippen LogP contribution in [0.4, 0.5) is 0 Å². The van der Waals surface area contributed by atoms with Crippen LogP contribution in [-0.4, -0.2) is 47.2 Å². The summed E-state index contributed by atoms with van der Waals surface area (Å²) >= 11 is 1.64. The molecule has 1 aliphatic heterocycles. The largest absolute Gasteiger partial charge is 0.490 e. The van der Waals surface area contributed by atoms with Crippen LogP contribution in [0.1, 0.15) is 41.0 Å². The Bertz CT molecular complexity index is 1230. The van der Waals surface area contributed by atoms with Crippen LogP contribution >= 0.6 is 11.3 Å². The molecule has 1 atom stereocenters. The Morgan fingerprint density at radius 2 is 1.97 bits per heavy atom. The molecule has 170 valence electrons. The smallest absolute Gasteiger partial charge is 0.251 e. The van der Waals surface area contributed by atoms with Gasteiger partial charge in [-0.1, -0.05) is 6.07 Å². The molecule has 0 saturated carbocycles. The predicted molar refractivity (Wildman–Crippen MR) is 133 cm³/mol. The first-order chi connectivity index (χ1) is 16.1. The van der Waals surface area contributed by atoms with Crippen molar-refractivity contribution in [2.24, 2.45) is 0 Å². The predicted octanol–water partition coefficient (Wildman–Crippen LogP) is 5.26. The monoisotopic (exact) mass is 460 g/mol. The third-order valence-corrected chi connectivity index (χ3v) is 7.29. The van der Waals surface area contributed by atoms with E-state index in [0.29, 0.717) is 5.56 Å². The molecule has 7 heteroatoms. The van der Waals surface area contributed by atoms with Gasteiger partial charge in [0.25, 0.3) is 5.91 Å². The average Bonchev–Trinajstić information content (AvgIpc) is 3.51. The number of H-pyrrole nitrogens is 1. The Morgan fingerprint density at radius 1 is 1.18 bits per heavy atom. The molecule has 0 aliphatic carbocycles. The topological polar surface area (TPSA) is 70.2 Å². The molecule has 0 bridgehead atoms. The number of piperidine rings is 1. The van der Waals surface area contributed by atoms with Crippen molar-refractivity contribution in [3.8, 4) is 17.0 Å². The molecule has 1 aliphatic rings. The van der Waals surface area contributed by atoms with E-state index in [0.717, 1.165) is 58.7 Å². The Kier molecular flexibility index (Phi) is 6.15. The van der Waals surface area contributed by atoms with Crippen molar-refractivity contribution in [2.75, 3.05) is 20.1 Å². The number of nitrogens with zero attached hydrogens (tertiary/aromatic N) is 2. The fourth-order valence-corrected chi connectivity index (χ4v) is 4.99. The summed E-state index contributed by atoms with van der Waals surface area (Å²) in [5.74, 6) is 0.794. The average molecular weight is 461 g/mol. The van der Waals surface area contributed by atoms with Gasteiger partial charge in [0.2, 0.25) is 0 Å². The van der Waals surface area contributed by atoms with Crippen molar-refractivity contribution in [3.63, 3.8) is 0 Å². The Labute approximate surface area is 197 Å². The first-order valence-corrected chi connectivity index (χ1v) is 12.2. The quantitative estimate of drug-likeness (QED) is 0.412. The molecule has 1 saturated heterocycles. The molecule has 2 aromatic carbocycles. The number of hydrogen-bond acceptors (Lipinski definition) is 5. The number of carbonyl (C=O) groups excluding carboxylic acids is 1. The summed E-state index contributed by atoms with van der Waals surface area (Å²) in [5.41, 5.74) is 3.34. The summed E-state index contributed by atoms with van der Waals surface area (Å²) in [6.45, 7) is 4.15. The number of aromatic amines is 1. The Morgan fingerprint density at radius 3 is 2.70 bits per heavy atom. The minimum atomic E-state index is -0.0909. The summed E-state index contributed by atoms with van der Waals surface area (Å²) < 4.78 is 6.17. The summed E-state index contributed by atoms with van der Waals surface area (Å²) in [4.78, 5) is 16.3. The Hall–Kier alpha value is -3.16. The molecule has 6 nitrogen and oxygen atoms in total. The number of rotatable bonds is 6. The van der Waals surface area contributed by atoms with Crippen molar-refractivity contribution in [1.82, 2.24) is 20.4 Å². The van der Waals surface area contributed by atoms with Crippen LogP contribution in [0.3, 0.4) is 0 Å². The fraction of sp³-hybridized carbons (Fsp3) is 0.308. The molecule has 4 aromatic rings. The second-order valence-corrected chi connectivity index (χ2v) is 9.67. The molecule has 2 N–H and O–H groups in total.